The van der Waals surface area contributed by atoms with Crippen molar-refractivity contribution in [3.8, 4) is 0 Å². The van der Waals surface area contributed by atoms with E-state index in [4.69, 9.17) is 15.6 Å². The SMILES string of the molecule is CS(=O)(=O)N1CCn2c(nc3c(N)nc4ccccc4c32)C1.O=C(O)C(F)(F)F. The maximum Gasteiger partial charge on any atom is 0.490 e. The van der Waals surface area contributed by atoms with Gasteiger partial charge in [-0.1, -0.05) is 18.2 Å². The molecule has 0 saturated carbocycles. The van der Waals surface area contributed by atoms with Gasteiger partial charge in [0.15, 0.2) is 5.82 Å². The van der Waals surface area contributed by atoms with Crippen molar-refractivity contribution in [1.29, 1.82) is 0 Å². The molecule has 4 rings (SSSR count). The summed E-state index contributed by atoms with van der Waals surface area (Å²) in [7, 11) is -3.23. The fourth-order valence-electron chi connectivity index (χ4n) is 3.00. The molecule has 1 aliphatic heterocycles. The second-order valence-electron chi connectivity index (χ2n) is 6.29. The number of aromatic nitrogens is 3. The second kappa shape index (κ2) is 7.15. The first-order chi connectivity index (χ1) is 13.4. The summed E-state index contributed by atoms with van der Waals surface area (Å²) in [6.07, 6.45) is -3.86. The molecule has 9 nitrogen and oxygen atoms in total. The van der Waals surface area contributed by atoms with E-state index in [1.807, 2.05) is 24.3 Å². The first-order valence-corrected chi connectivity index (χ1v) is 10.0. The van der Waals surface area contributed by atoms with Crippen LogP contribution in [0.2, 0.25) is 0 Å². The number of alkyl halides is 3. The van der Waals surface area contributed by atoms with Crippen LogP contribution in [0, 0.1) is 0 Å². The lowest BCUT2D eigenvalue weighted by Crippen LogP contribution is -2.37. The van der Waals surface area contributed by atoms with Gasteiger partial charge in [0.05, 0.1) is 23.8 Å². The Morgan fingerprint density at radius 3 is 2.41 bits per heavy atom. The lowest BCUT2D eigenvalue weighted by atomic mass is 10.2. The molecule has 2 aromatic heterocycles. The van der Waals surface area contributed by atoms with Crippen molar-refractivity contribution in [2.24, 2.45) is 0 Å². The maximum absolute atomic E-state index is 11.7. The van der Waals surface area contributed by atoms with Crippen LogP contribution in [-0.2, 0) is 27.9 Å². The number of fused-ring (bicyclic) bond motifs is 5. The molecule has 0 amide bonds. The van der Waals surface area contributed by atoms with Crippen molar-refractivity contribution in [3.63, 3.8) is 0 Å². The summed E-state index contributed by atoms with van der Waals surface area (Å²) in [5, 5.41) is 8.11. The van der Waals surface area contributed by atoms with E-state index in [-0.39, 0.29) is 6.54 Å². The van der Waals surface area contributed by atoms with Crippen LogP contribution < -0.4 is 5.73 Å². The first-order valence-electron chi connectivity index (χ1n) is 8.18. The number of halogens is 3. The number of sulfonamides is 1. The van der Waals surface area contributed by atoms with Crippen molar-refractivity contribution in [3.05, 3.63) is 30.1 Å². The number of benzene rings is 1. The summed E-state index contributed by atoms with van der Waals surface area (Å²) < 4.78 is 58.7. The zero-order valence-electron chi connectivity index (χ0n) is 15.0. The van der Waals surface area contributed by atoms with Gasteiger partial charge in [0, 0.05) is 18.5 Å². The summed E-state index contributed by atoms with van der Waals surface area (Å²) in [5.41, 5.74) is 8.44. The van der Waals surface area contributed by atoms with Crippen LogP contribution in [0.5, 0.6) is 0 Å². The number of aliphatic carboxylic acids is 1. The second-order valence-corrected chi connectivity index (χ2v) is 8.27. The number of carboxylic acid groups (broad SMARTS) is 1. The zero-order valence-corrected chi connectivity index (χ0v) is 15.8. The fourth-order valence-corrected chi connectivity index (χ4v) is 3.76. The van der Waals surface area contributed by atoms with Gasteiger partial charge in [0.25, 0.3) is 0 Å². The summed E-state index contributed by atoms with van der Waals surface area (Å²) in [4.78, 5) is 17.8. The topological polar surface area (TPSA) is 131 Å². The Balaban J connectivity index is 0.000000298. The smallest absolute Gasteiger partial charge is 0.475 e. The summed E-state index contributed by atoms with van der Waals surface area (Å²) in [6.45, 7) is 1.27. The minimum Gasteiger partial charge on any atom is -0.475 e. The van der Waals surface area contributed by atoms with Crippen LogP contribution in [0.4, 0.5) is 19.0 Å². The molecular weight excluding hydrogens is 415 g/mol. The molecule has 0 bridgehead atoms. The minimum absolute atomic E-state index is 0.265. The maximum atomic E-state index is 11.7. The molecular formula is C16H16F3N5O4S. The number of nitrogen functional groups attached to an aromatic ring is 1. The number of nitrogens with two attached hydrogens (primary N) is 1. The van der Waals surface area contributed by atoms with E-state index in [2.05, 4.69) is 14.5 Å². The van der Waals surface area contributed by atoms with E-state index in [0.717, 1.165) is 16.4 Å². The van der Waals surface area contributed by atoms with Crippen LogP contribution >= 0.6 is 0 Å². The van der Waals surface area contributed by atoms with Gasteiger partial charge in [0.2, 0.25) is 10.0 Å². The van der Waals surface area contributed by atoms with Crippen molar-refractivity contribution in [2.75, 3.05) is 18.5 Å². The van der Waals surface area contributed by atoms with Gasteiger partial charge in [-0.15, -0.1) is 0 Å². The Morgan fingerprint density at radius 2 is 1.83 bits per heavy atom. The Morgan fingerprint density at radius 1 is 1.21 bits per heavy atom. The molecule has 0 aliphatic carbocycles. The number of para-hydroxylation sites is 1. The quantitative estimate of drug-likeness (QED) is 0.598. The lowest BCUT2D eigenvalue weighted by molar-refractivity contribution is -0.192. The number of hydrogen-bond donors (Lipinski definition) is 2. The van der Waals surface area contributed by atoms with Crippen molar-refractivity contribution in [2.45, 2.75) is 19.3 Å². The molecule has 3 heterocycles. The number of anilines is 1. The Bertz CT molecular complexity index is 1210. The molecule has 0 atom stereocenters. The Labute approximate surface area is 162 Å². The minimum atomic E-state index is -5.08. The average Bonchev–Trinajstić information content (AvgIpc) is 3.00. The van der Waals surface area contributed by atoms with Crippen molar-refractivity contribution in [1.82, 2.24) is 18.8 Å². The monoisotopic (exact) mass is 431 g/mol. The molecule has 0 saturated heterocycles. The molecule has 0 spiro atoms. The van der Waals surface area contributed by atoms with Gasteiger partial charge in [-0.05, 0) is 6.07 Å². The van der Waals surface area contributed by atoms with Crippen LogP contribution in [0.15, 0.2) is 24.3 Å². The van der Waals surface area contributed by atoms with E-state index in [1.54, 1.807) is 0 Å². The van der Waals surface area contributed by atoms with Crippen molar-refractivity contribution >= 4 is 43.7 Å². The summed E-state index contributed by atoms with van der Waals surface area (Å²) in [5.74, 6) is -1.68. The van der Waals surface area contributed by atoms with Crippen LogP contribution in [0.3, 0.4) is 0 Å². The van der Waals surface area contributed by atoms with Gasteiger partial charge in [-0.25, -0.2) is 23.2 Å². The standard InChI is InChI=1S/C14H15N5O2S.C2HF3O2/c1-22(20,21)18-6-7-19-11(8-18)17-12-13(19)9-4-2-3-5-10(9)16-14(12)15;3-2(4,5)1(6)7/h2-5H,6-8H2,1H3,(H2,15,16);(H,6,7). The molecule has 3 aromatic rings. The molecule has 1 aromatic carbocycles. The van der Waals surface area contributed by atoms with E-state index >= 15 is 0 Å². The number of carbonyl (C=O) groups is 1. The third kappa shape index (κ3) is 4.10. The largest absolute Gasteiger partial charge is 0.490 e. The predicted molar refractivity (Wildman–Crippen MR) is 98.4 cm³/mol. The molecule has 0 unspecified atom stereocenters. The highest BCUT2D eigenvalue weighted by atomic mass is 32.2. The van der Waals surface area contributed by atoms with E-state index in [9.17, 15) is 21.6 Å². The van der Waals surface area contributed by atoms with Gasteiger partial charge in [-0.3, -0.25) is 0 Å². The number of pyridine rings is 1. The summed E-state index contributed by atoms with van der Waals surface area (Å²) in [6, 6.07) is 7.77. The number of rotatable bonds is 1. The number of carboxylic acids is 1. The number of imidazole rings is 1. The van der Waals surface area contributed by atoms with Crippen molar-refractivity contribution < 1.29 is 31.5 Å². The molecule has 156 valence electrons. The lowest BCUT2D eigenvalue weighted by Gasteiger charge is -2.25. The van der Waals surface area contributed by atoms with Gasteiger partial charge >= 0.3 is 12.1 Å². The molecule has 29 heavy (non-hydrogen) atoms. The third-order valence-corrected chi connectivity index (χ3v) is 5.54. The van der Waals surface area contributed by atoms with Crippen LogP contribution in [0.1, 0.15) is 5.82 Å². The molecule has 0 fully saturated rings. The van der Waals surface area contributed by atoms with E-state index in [1.165, 1.54) is 10.6 Å². The highest BCUT2D eigenvalue weighted by Crippen LogP contribution is 2.30. The zero-order chi connectivity index (χ0) is 21.6. The summed E-state index contributed by atoms with van der Waals surface area (Å²) >= 11 is 0. The molecule has 1 aliphatic rings. The first kappa shape index (κ1) is 20.8. The highest BCUT2D eigenvalue weighted by Gasteiger charge is 2.38. The average molecular weight is 431 g/mol. The number of nitrogens with zero attached hydrogens (tertiary/aromatic N) is 4. The third-order valence-electron chi connectivity index (χ3n) is 4.29. The van der Waals surface area contributed by atoms with Crippen LogP contribution in [-0.4, -0.2) is 57.3 Å². The van der Waals surface area contributed by atoms with Gasteiger partial charge in [0.1, 0.15) is 11.3 Å². The number of hydrogen-bond acceptors (Lipinski definition) is 6. The predicted octanol–water partition coefficient (Wildman–Crippen LogP) is 1.58. The van der Waals surface area contributed by atoms with Crippen LogP contribution in [0.25, 0.3) is 21.9 Å². The normalized spacial score (nSPS) is 15.0. The fraction of sp³-hybridized carbons (Fsp3) is 0.312. The highest BCUT2D eigenvalue weighted by molar-refractivity contribution is 7.88. The Kier molecular flexibility index (Phi) is 5.13. The Hall–Kier alpha value is -2.93. The molecule has 0 radical (unpaired) electrons. The van der Waals surface area contributed by atoms with E-state index < -0.39 is 22.2 Å². The van der Waals surface area contributed by atoms with Gasteiger partial charge < -0.3 is 15.4 Å². The molecule has 3 N–H and O–H groups in total. The molecule has 13 heteroatoms. The van der Waals surface area contributed by atoms with Gasteiger partial charge in [-0.2, -0.15) is 17.5 Å². The van der Waals surface area contributed by atoms with E-state index in [0.29, 0.717) is 30.2 Å².